The molecule has 33 heavy (non-hydrogen) atoms. The number of ketones is 1. The number of carbonyl (C=O) groups excluding carboxylic acids is 2. The fourth-order valence-electron chi connectivity index (χ4n) is 3.68. The van der Waals surface area contributed by atoms with Crippen molar-refractivity contribution >= 4 is 35.0 Å². The van der Waals surface area contributed by atoms with Crippen LogP contribution in [0.1, 0.15) is 22.2 Å². The van der Waals surface area contributed by atoms with Gasteiger partial charge in [-0.15, -0.1) is 0 Å². The lowest BCUT2D eigenvalue weighted by Crippen LogP contribution is -2.72. The molecule has 0 radical (unpaired) electrons. The van der Waals surface area contributed by atoms with Crippen LogP contribution in [0.3, 0.4) is 0 Å². The Morgan fingerprint density at radius 2 is 1.73 bits per heavy atom. The standard InChI is InChI=1S/C22H15Cl2F3N2O4/c23-13-7-6-12(10-14(13)24)15-8-9-16(33-15)18-17(19(30)11-4-2-1-3-5-11)21(32,22(25,26)27)29-20(31)28-18/h1-10,17-18,32H,(H2,28,29,31)/t17-,18-,21+/m0/s1. The summed E-state index contributed by atoms with van der Waals surface area (Å²) in [6.45, 7) is 0. The predicted octanol–water partition coefficient (Wildman–Crippen LogP) is 5.36. The summed E-state index contributed by atoms with van der Waals surface area (Å²) in [7, 11) is 0. The number of nitrogens with one attached hydrogen (secondary N) is 2. The van der Waals surface area contributed by atoms with E-state index in [1.54, 1.807) is 12.1 Å². The summed E-state index contributed by atoms with van der Waals surface area (Å²) < 4.78 is 47.6. The average molecular weight is 499 g/mol. The molecule has 0 saturated carbocycles. The Morgan fingerprint density at radius 3 is 2.36 bits per heavy atom. The fraction of sp³-hybridized carbons (Fsp3) is 0.182. The largest absolute Gasteiger partial charge is 0.459 e. The van der Waals surface area contributed by atoms with Gasteiger partial charge >= 0.3 is 12.2 Å². The van der Waals surface area contributed by atoms with Crippen molar-refractivity contribution in [2.75, 3.05) is 0 Å². The maximum Gasteiger partial charge on any atom is 0.437 e. The molecule has 2 aromatic carbocycles. The zero-order valence-electron chi connectivity index (χ0n) is 16.5. The van der Waals surface area contributed by atoms with Crippen molar-refractivity contribution in [1.82, 2.24) is 10.6 Å². The molecule has 6 nitrogen and oxygen atoms in total. The molecule has 11 heteroatoms. The molecular weight excluding hydrogens is 484 g/mol. The molecule has 4 rings (SSSR count). The first kappa shape index (κ1) is 23.2. The zero-order valence-corrected chi connectivity index (χ0v) is 18.0. The highest BCUT2D eigenvalue weighted by Crippen LogP contribution is 2.44. The van der Waals surface area contributed by atoms with E-state index in [1.165, 1.54) is 53.8 Å². The van der Waals surface area contributed by atoms with Crippen LogP contribution in [0.4, 0.5) is 18.0 Å². The topological polar surface area (TPSA) is 91.6 Å². The number of carbonyl (C=O) groups is 2. The van der Waals surface area contributed by atoms with E-state index in [4.69, 9.17) is 27.6 Å². The second-order valence-electron chi connectivity index (χ2n) is 7.38. The van der Waals surface area contributed by atoms with Crippen molar-refractivity contribution in [2.24, 2.45) is 5.92 Å². The lowest BCUT2D eigenvalue weighted by Gasteiger charge is -2.44. The van der Waals surface area contributed by atoms with Crippen molar-refractivity contribution in [1.29, 1.82) is 0 Å². The summed E-state index contributed by atoms with van der Waals surface area (Å²) in [5.41, 5.74) is -3.46. The second-order valence-corrected chi connectivity index (χ2v) is 8.19. The van der Waals surface area contributed by atoms with Gasteiger partial charge in [-0.25, -0.2) is 4.79 Å². The van der Waals surface area contributed by atoms with Gasteiger partial charge < -0.3 is 20.2 Å². The van der Waals surface area contributed by atoms with Gasteiger partial charge in [0.2, 0.25) is 5.72 Å². The van der Waals surface area contributed by atoms with Crippen molar-refractivity contribution < 1.29 is 32.3 Å². The number of Topliss-reactive ketones (excluding diaryl/α,β-unsaturated/α-hetero) is 1. The molecule has 3 N–H and O–H groups in total. The van der Waals surface area contributed by atoms with E-state index < -0.39 is 35.7 Å². The van der Waals surface area contributed by atoms with E-state index in [0.717, 1.165) is 0 Å². The molecule has 0 unspecified atom stereocenters. The number of alkyl halides is 3. The summed E-state index contributed by atoms with van der Waals surface area (Å²) in [6, 6.07) is 11.6. The second kappa shape index (κ2) is 8.40. The fourth-order valence-corrected chi connectivity index (χ4v) is 3.98. The van der Waals surface area contributed by atoms with Crippen molar-refractivity contribution in [3.8, 4) is 11.3 Å². The van der Waals surface area contributed by atoms with Crippen LogP contribution in [0.15, 0.2) is 65.1 Å². The Labute approximate surface area is 195 Å². The number of urea groups is 1. The zero-order chi connectivity index (χ0) is 24.0. The number of hydrogen-bond donors (Lipinski definition) is 3. The Morgan fingerprint density at radius 1 is 1.03 bits per heavy atom. The van der Waals surface area contributed by atoms with Crippen LogP contribution >= 0.6 is 23.2 Å². The summed E-state index contributed by atoms with van der Waals surface area (Å²) in [5.74, 6) is -3.19. The highest BCUT2D eigenvalue weighted by Gasteiger charge is 2.66. The van der Waals surface area contributed by atoms with Crippen LogP contribution in [0.25, 0.3) is 11.3 Å². The molecule has 2 amide bonds. The van der Waals surface area contributed by atoms with Gasteiger partial charge in [-0.05, 0) is 30.3 Å². The maximum atomic E-state index is 14.0. The molecule has 0 spiro atoms. The molecule has 2 heterocycles. The summed E-state index contributed by atoms with van der Waals surface area (Å²) >= 11 is 11.9. The van der Waals surface area contributed by atoms with Crippen LogP contribution in [0.2, 0.25) is 10.0 Å². The monoisotopic (exact) mass is 498 g/mol. The normalized spacial score (nSPS) is 23.0. The number of furan rings is 1. The van der Waals surface area contributed by atoms with Crippen molar-refractivity contribution in [3.63, 3.8) is 0 Å². The number of aliphatic hydroxyl groups is 1. The number of amides is 2. The van der Waals surface area contributed by atoms with Gasteiger partial charge in [0.25, 0.3) is 0 Å². The third kappa shape index (κ3) is 4.19. The lowest BCUT2D eigenvalue weighted by molar-refractivity contribution is -0.288. The molecule has 1 fully saturated rings. The molecule has 3 atom stereocenters. The highest BCUT2D eigenvalue weighted by atomic mass is 35.5. The Hall–Kier alpha value is -3.01. The predicted molar refractivity (Wildman–Crippen MR) is 114 cm³/mol. The smallest absolute Gasteiger partial charge is 0.437 e. The minimum Gasteiger partial charge on any atom is -0.459 e. The van der Waals surface area contributed by atoms with E-state index in [2.05, 4.69) is 5.32 Å². The van der Waals surface area contributed by atoms with E-state index in [0.29, 0.717) is 10.6 Å². The first-order valence-corrected chi connectivity index (χ1v) is 10.3. The number of rotatable bonds is 4. The van der Waals surface area contributed by atoms with Crippen LogP contribution in [-0.4, -0.2) is 28.8 Å². The minimum atomic E-state index is -5.36. The van der Waals surface area contributed by atoms with Gasteiger partial charge in [-0.2, -0.15) is 13.2 Å². The molecule has 1 aliphatic heterocycles. The number of benzene rings is 2. The van der Waals surface area contributed by atoms with Gasteiger partial charge in [-0.1, -0.05) is 53.5 Å². The Balaban J connectivity index is 1.81. The molecule has 172 valence electrons. The average Bonchev–Trinajstić information content (AvgIpc) is 3.25. The quantitative estimate of drug-likeness (QED) is 0.422. The maximum absolute atomic E-state index is 14.0. The highest BCUT2D eigenvalue weighted by molar-refractivity contribution is 6.42. The van der Waals surface area contributed by atoms with Crippen LogP contribution < -0.4 is 10.6 Å². The molecular formula is C22H15Cl2F3N2O4. The van der Waals surface area contributed by atoms with E-state index in [9.17, 15) is 27.9 Å². The molecule has 1 aromatic heterocycles. The van der Waals surface area contributed by atoms with Crippen molar-refractivity contribution in [3.05, 3.63) is 82.0 Å². The first-order valence-electron chi connectivity index (χ1n) is 9.53. The van der Waals surface area contributed by atoms with E-state index >= 15 is 0 Å². The minimum absolute atomic E-state index is 0.0793. The molecule has 1 saturated heterocycles. The van der Waals surface area contributed by atoms with Gasteiger partial charge in [0, 0.05) is 11.1 Å². The van der Waals surface area contributed by atoms with Gasteiger partial charge in [0.15, 0.2) is 5.78 Å². The van der Waals surface area contributed by atoms with E-state index in [1.807, 2.05) is 0 Å². The van der Waals surface area contributed by atoms with Gasteiger partial charge in [0.05, 0.1) is 10.0 Å². The molecule has 0 bridgehead atoms. The summed E-state index contributed by atoms with van der Waals surface area (Å²) in [4.78, 5) is 25.3. The van der Waals surface area contributed by atoms with Crippen LogP contribution in [0.5, 0.6) is 0 Å². The third-order valence-electron chi connectivity index (χ3n) is 5.28. The lowest BCUT2D eigenvalue weighted by atomic mass is 9.79. The SMILES string of the molecule is O=C1N[C@@H](c2ccc(-c3ccc(Cl)c(Cl)c3)o2)[C@@H](C(=O)c2ccccc2)[C@@](O)(C(F)(F)F)N1. The van der Waals surface area contributed by atoms with Gasteiger partial charge in [0.1, 0.15) is 23.5 Å². The van der Waals surface area contributed by atoms with Crippen molar-refractivity contribution in [2.45, 2.75) is 17.9 Å². The third-order valence-corrected chi connectivity index (χ3v) is 6.02. The van der Waals surface area contributed by atoms with E-state index in [-0.39, 0.29) is 22.1 Å². The Bertz CT molecular complexity index is 1220. The molecule has 1 aliphatic rings. The number of hydrogen-bond acceptors (Lipinski definition) is 4. The van der Waals surface area contributed by atoms with Crippen LogP contribution in [-0.2, 0) is 0 Å². The van der Waals surface area contributed by atoms with Gasteiger partial charge in [-0.3, -0.25) is 4.79 Å². The molecule has 0 aliphatic carbocycles. The molecule has 3 aromatic rings. The Kier molecular flexibility index (Phi) is 5.90. The first-order chi connectivity index (χ1) is 15.5. The van der Waals surface area contributed by atoms with Crippen LogP contribution in [0, 0.1) is 5.92 Å². The summed E-state index contributed by atoms with van der Waals surface area (Å²) in [6.07, 6.45) is -5.36. The number of halogens is 5. The summed E-state index contributed by atoms with van der Waals surface area (Å²) in [5, 5.41) is 14.9.